The lowest BCUT2D eigenvalue weighted by molar-refractivity contribution is 0.0950. The Morgan fingerprint density at radius 2 is 1.94 bits per heavy atom. The molecule has 0 fully saturated rings. The fourth-order valence-electron chi connectivity index (χ4n) is 3.58. The van der Waals surface area contributed by atoms with Crippen LogP contribution in [0.25, 0.3) is 16.2 Å². The molecular weight excluding hydrogens is 434 g/mol. The lowest BCUT2D eigenvalue weighted by atomic mass is 10.2. The lowest BCUT2D eigenvalue weighted by Crippen LogP contribution is -2.25. The average Bonchev–Trinajstić information content (AvgIpc) is 3.61. The summed E-state index contributed by atoms with van der Waals surface area (Å²) in [5, 5.41) is 7.16. The molecule has 0 aliphatic carbocycles. The van der Waals surface area contributed by atoms with Crippen LogP contribution in [0.1, 0.15) is 22.5 Å². The van der Waals surface area contributed by atoms with Crippen molar-refractivity contribution in [3.8, 4) is 10.7 Å². The number of hydrogen-bond acceptors (Lipinski definition) is 6. The van der Waals surface area contributed by atoms with Gasteiger partial charge >= 0.3 is 0 Å². The fourth-order valence-corrected chi connectivity index (χ4v) is 4.38. The van der Waals surface area contributed by atoms with Crippen molar-refractivity contribution >= 4 is 27.9 Å². The van der Waals surface area contributed by atoms with E-state index >= 15 is 0 Å². The van der Waals surface area contributed by atoms with E-state index in [4.69, 9.17) is 4.98 Å². The van der Waals surface area contributed by atoms with Crippen molar-refractivity contribution in [2.24, 2.45) is 0 Å². The number of aryl methyl sites for hydroxylation is 1. The summed E-state index contributed by atoms with van der Waals surface area (Å²) in [6, 6.07) is 15.9. The van der Waals surface area contributed by atoms with Crippen LogP contribution in [-0.2, 0) is 13.1 Å². The van der Waals surface area contributed by atoms with Crippen LogP contribution in [0, 0.1) is 0 Å². The van der Waals surface area contributed by atoms with Gasteiger partial charge in [0.05, 0.1) is 22.9 Å². The van der Waals surface area contributed by atoms with Gasteiger partial charge < -0.3 is 15.2 Å². The Morgan fingerprint density at radius 1 is 1.06 bits per heavy atom. The molecular formula is C24H23N7OS. The number of nitrogens with one attached hydrogen (secondary N) is 2. The minimum absolute atomic E-state index is 0.178. The van der Waals surface area contributed by atoms with Gasteiger partial charge in [-0.25, -0.2) is 15.0 Å². The molecule has 0 saturated heterocycles. The van der Waals surface area contributed by atoms with Crippen LogP contribution in [0.2, 0.25) is 0 Å². The summed E-state index contributed by atoms with van der Waals surface area (Å²) < 4.78 is 3.93. The molecule has 0 radical (unpaired) electrons. The van der Waals surface area contributed by atoms with Crippen LogP contribution in [-0.4, -0.2) is 36.4 Å². The molecule has 5 rings (SSSR count). The fraction of sp³-hybridized carbons (Fsp3) is 0.167. The first-order valence-electron chi connectivity index (χ1n) is 10.7. The van der Waals surface area contributed by atoms with Gasteiger partial charge in [0.2, 0.25) is 0 Å². The van der Waals surface area contributed by atoms with Gasteiger partial charge in [0.1, 0.15) is 0 Å². The van der Waals surface area contributed by atoms with Gasteiger partial charge in [-0.05, 0) is 24.1 Å². The van der Waals surface area contributed by atoms with Crippen LogP contribution >= 0.6 is 11.3 Å². The molecule has 0 unspecified atom stereocenters. The molecule has 4 aromatic heterocycles. The summed E-state index contributed by atoms with van der Waals surface area (Å²) in [5.74, 6) is 0.530. The molecule has 166 valence electrons. The number of pyridine rings is 1. The van der Waals surface area contributed by atoms with Crippen LogP contribution in [0.5, 0.6) is 0 Å². The number of fused-ring (bicyclic) bond motifs is 1. The highest BCUT2D eigenvalue weighted by molar-refractivity contribution is 7.18. The molecule has 1 amide bonds. The molecule has 0 atom stereocenters. The molecule has 9 heteroatoms. The van der Waals surface area contributed by atoms with E-state index in [1.807, 2.05) is 57.8 Å². The van der Waals surface area contributed by atoms with Crippen molar-refractivity contribution in [2.45, 2.75) is 19.5 Å². The van der Waals surface area contributed by atoms with Gasteiger partial charge in [0.15, 0.2) is 16.6 Å². The summed E-state index contributed by atoms with van der Waals surface area (Å²) >= 11 is 1.52. The van der Waals surface area contributed by atoms with E-state index < -0.39 is 0 Å². The molecule has 0 saturated carbocycles. The summed E-state index contributed by atoms with van der Waals surface area (Å²) in [5.41, 5.74) is 2.37. The number of hydrogen-bond donors (Lipinski definition) is 2. The number of rotatable bonds is 9. The van der Waals surface area contributed by atoms with Crippen molar-refractivity contribution in [2.75, 3.05) is 11.9 Å². The average molecular weight is 458 g/mol. The minimum atomic E-state index is -0.178. The van der Waals surface area contributed by atoms with E-state index in [1.165, 1.54) is 16.9 Å². The number of anilines is 1. The standard InChI is InChI=1S/C24H23N7OS/c32-23(26-10-6-12-30-14-11-25-17-30)21-19-9-4-5-13-31(19)22(29-21)20-16-28-24(33-20)27-15-18-7-2-1-3-8-18/h1-5,7-9,11,13-14,16-17H,6,10,12,15H2,(H,26,32)(H,27,28). The van der Waals surface area contributed by atoms with Crippen LogP contribution in [0.15, 0.2) is 79.6 Å². The zero-order chi connectivity index (χ0) is 22.5. The number of carbonyl (C=O) groups is 1. The highest BCUT2D eigenvalue weighted by atomic mass is 32.1. The number of nitrogens with zero attached hydrogens (tertiary/aromatic N) is 5. The zero-order valence-corrected chi connectivity index (χ0v) is 18.7. The monoisotopic (exact) mass is 457 g/mol. The van der Waals surface area contributed by atoms with Crippen molar-refractivity contribution < 1.29 is 4.79 Å². The molecule has 1 aromatic carbocycles. The lowest BCUT2D eigenvalue weighted by Gasteiger charge is -2.04. The van der Waals surface area contributed by atoms with Crippen molar-refractivity contribution in [3.63, 3.8) is 0 Å². The Morgan fingerprint density at radius 3 is 2.79 bits per heavy atom. The summed E-state index contributed by atoms with van der Waals surface area (Å²) in [7, 11) is 0. The maximum Gasteiger partial charge on any atom is 0.272 e. The maximum atomic E-state index is 12.9. The number of thiazole rings is 1. The molecule has 8 nitrogen and oxygen atoms in total. The van der Waals surface area contributed by atoms with E-state index in [0.717, 1.165) is 28.5 Å². The molecule has 0 aliphatic heterocycles. The second-order valence-electron chi connectivity index (χ2n) is 7.52. The number of aromatic nitrogens is 5. The number of imidazole rings is 2. The second-order valence-corrected chi connectivity index (χ2v) is 8.55. The predicted molar refractivity (Wildman–Crippen MR) is 129 cm³/mol. The molecule has 33 heavy (non-hydrogen) atoms. The molecule has 0 bridgehead atoms. The Bertz CT molecular complexity index is 1340. The van der Waals surface area contributed by atoms with Gasteiger partial charge in [-0.15, -0.1) is 0 Å². The third kappa shape index (κ3) is 4.78. The first-order valence-corrected chi connectivity index (χ1v) is 11.5. The first kappa shape index (κ1) is 20.9. The van der Waals surface area contributed by atoms with E-state index in [0.29, 0.717) is 24.6 Å². The van der Waals surface area contributed by atoms with E-state index in [1.54, 1.807) is 18.7 Å². The number of benzene rings is 1. The Balaban J connectivity index is 1.30. The molecule has 5 aromatic rings. The molecule has 0 aliphatic rings. The van der Waals surface area contributed by atoms with Crippen LogP contribution < -0.4 is 10.6 Å². The van der Waals surface area contributed by atoms with Crippen LogP contribution in [0.4, 0.5) is 5.13 Å². The summed E-state index contributed by atoms with van der Waals surface area (Å²) in [6.07, 6.45) is 9.96. The van der Waals surface area contributed by atoms with Gasteiger partial charge in [-0.1, -0.05) is 47.7 Å². The van der Waals surface area contributed by atoms with E-state index in [9.17, 15) is 4.79 Å². The van der Waals surface area contributed by atoms with Crippen molar-refractivity contribution in [3.05, 3.63) is 90.9 Å². The highest BCUT2D eigenvalue weighted by Crippen LogP contribution is 2.30. The quantitative estimate of drug-likeness (QED) is 0.326. The summed E-state index contributed by atoms with van der Waals surface area (Å²) in [4.78, 5) is 27.0. The van der Waals surface area contributed by atoms with Gasteiger partial charge in [0.25, 0.3) is 5.91 Å². The SMILES string of the molecule is O=C(NCCCn1ccnc1)c1nc(-c2cnc(NCc3ccccc3)s2)n2ccccc12. The Labute approximate surface area is 195 Å². The van der Waals surface area contributed by atoms with E-state index in [-0.39, 0.29) is 5.91 Å². The maximum absolute atomic E-state index is 12.9. The smallest absolute Gasteiger partial charge is 0.272 e. The van der Waals surface area contributed by atoms with Crippen LogP contribution in [0.3, 0.4) is 0 Å². The van der Waals surface area contributed by atoms with Gasteiger partial charge in [-0.3, -0.25) is 9.20 Å². The summed E-state index contributed by atoms with van der Waals surface area (Å²) in [6.45, 7) is 2.06. The number of amides is 1. The van der Waals surface area contributed by atoms with Gasteiger partial charge in [-0.2, -0.15) is 0 Å². The second kappa shape index (κ2) is 9.66. The van der Waals surface area contributed by atoms with Crippen molar-refractivity contribution in [1.82, 2.24) is 29.2 Å². The predicted octanol–water partition coefficient (Wildman–Crippen LogP) is 4.09. The largest absolute Gasteiger partial charge is 0.357 e. The molecule has 2 N–H and O–H groups in total. The highest BCUT2D eigenvalue weighted by Gasteiger charge is 2.19. The molecule has 0 spiro atoms. The first-order chi connectivity index (χ1) is 16.3. The Kier molecular flexibility index (Phi) is 6.12. The normalized spacial score (nSPS) is 11.0. The topological polar surface area (TPSA) is 89.1 Å². The molecule has 4 heterocycles. The van der Waals surface area contributed by atoms with E-state index in [2.05, 4.69) is 32.7 Å². The number of carbonyl (C=O) groups excluding carboxylic acids is 1. The zero-order valence-electron chi connectivity index (χ0n) is 17.9. The van der Waals surface area contributed by atoms with Gasteiger partial charge in [0, 0.05) is 38.2 Å². The van der Waals surface area contributed by atoms with Crippen molar-refractivity contribution in [1.29, 1.82) is 0 Å². The third-order valence-corrected chi connectivity index (χ3v) is 6.16. The third-order valence-electron chi connectivity index (χ3n) is 5.21. The minimum Gasteiger partial charge on any atom is -0.357 e. The Hall–Kier alpha value is -3.98.